The van der Waals surface area contributed by atoms with Crippen molar-refractivity contribution >= 4 is 18.3 Å². The molecular weight excluding hydrogens is 240 g/mol. The highest BCUT2D eigenvalue weighted by atomic mass is 35.5. The Balaban J connectivity index is 0.00000144. The van der Waals surface area contributed by atoms with Crippen LogP contribution in [0.2, 0.25) is 0 Å². The van der Waals surface area contributed by atoms with Gasteiger partial charge in [-0.1, -0.05) is 0 Å². The van der Waals surface area contributed by atoms with E-state index in [0.717, 1.165) is 51.6 Å². The Morgan fingerprint density at radius 2 is 2.18 bits per heavy atom. The fraction of sp³-hybridized carbons (Fsp3) is 0.917. The summed E-state index contributed by atoms with van der Waals surface area (Å²) in [5.74, 6) is 1.22. The maximum atomic E-state index is 11.6. The third-order valence-electron chi connectivity index (χ3n) is 3.25. The van der Waals surface area contributed by atoms with Gasteiger partial charge in [-0.05, 0) is 38.1 Å². The van der Waals surface area contributed by atoms with Crippen molar-refractivity contribution in [3.05, 3.63) is 0 Å². The normalized spacial score (nSPS) is 23.2. The van der Waals surface area contributed by atoms with Gasteiger partial charge >= 0.3 is 0 Å². The van der Waals surface area contributed by atoms with Crippen molar-refractivity contribution in [1.29, 1.82) is 0 Å². The lowest BCUT2D eigenvalue weighted by Gasteiger charge is -2.09. The van der Waals surface area contributed by atoms with Crippen LogP contribution in [-0.4, -0.2) is 38.8 Å². The number of carbonyl (C=O) groups is 1. The molecule has 1 unspecified atom stereocenters. The Labute approximate surface area is 109 Å². The van der Waals surface area contributed by atoms with Crippen LogP contribution in [0.15, 0.2) is 0 Å². The Morgan fingerprint density at radius 3 is 2.82 bits per heavy atom. The molecule has 1 aliphatic heterocycles. The van der Waals surface area contributed by atoms with Crippen molar-refractivity contribution in [1.82, 2.24) is 10.6 Å². The molecule has 2 fully saturated rings. The zero-order valence-corrected chi connectivity index (χ0v) is 11.1. The van der Waals surface area contributed by atoms with Gasteiger partial charge in [0, 0.05) is 26.3 Å². The number of amides is 1. The molecule has 0 aromatic carbocycles. The molecule has 1 aliphatic carbocycles. The lowest BCUT2D eigenvalue weighted by atomic mass is 10.1. The summed E-state index contributed by atoms with van der Waals surface area (Å²) in [5, 5.41) is 6.17. The largest absolute Gasteiger partial charge is 0.381 e. The van der Waals surface area contributed by atoms with E-state index in [1.165, 1.54) is 12.8 Å². The average Bonchev–Trinajstić information content (AvgIpc) is 2.95. The van der Waals surface area contributed by atoms with E-state index in [9.17, 15) is 4.79 Å². The molecule has 1 atom stereocenters. The molecular formula is C12H23ClN2O2. The first-order chi connectivity index (χ1) is 7.86. The minimum Gasteiger partial charge on any atom is -0.381 e. The Kier molecular flexibility index (Phi) is 6.85. The van der Waals surface area contributed by atoms with Crippen LogP contribution in [0, 0.1) is 11.8 Å². The lowest BCUT2D eigenvalue weighted by Crippen LogP contribution is -2.32. The van der Waals surface area contributed by atoms with Crippen LogP contribution in [0.4, 0.5) is 0 Å². The zero-order valence-electron chi connectivity index (χ0n) is 10.2. The van der Waals surface area contributed by atoms with Crippen LogP contribution in [-0.2, 0) is 9.53 Å². The second kappa shape index (κ2) is 7.90. The molecule has 0 bridgehead atoms. The van der Waals surface area contributed by atoms with Crippen LogP contribution >= 0.6 is 12.4 Å². The van der Waals surface area contributed by atoms with Crippen molar-refractivity contribution in [3.63, 3.8) is 0 Å². The summed E-state index contributed by atoms with van der Waals surface area (Å²) in [6, 6.07) is 0. The van der Waals surface area contributed by atoms with Crippen molar-refractivity contribution in [2.75, 3.05) is 32.8 Å². The molecule has 0 aromatic rings. The van der Waals surface area contributed by atoms with Gasteiger partial charge in [0.1, 0.15) is 0 Å². The Hall–Kier alpha value is -0.320. The van der Waals surface area contributed by atoms with Crippen molar-refractivity contribution in [2.45, 2.75) is 25.7 Å². The highest BCUT2D eigenvalue weighted by Gasteiger charge is 2.22. The second-order valence-electron chi connectivity index (χ2n) is 4.85. The van der Waals surface area contributed by atoms with E-state index in [-0.39, 0.29) is 24.2 Å². The third-order valence-corrected chi connectivity index (χ3v) is 3.25. The number of halogens is 1. The monoisotopic (exact) mass is 262 g/mol. The van der Waals surface area contributed by atoms with E-state index in [4.69, 9.17) is 4.74 Å². The number of rotatable bonds is 7. The van der Waals surface area contributed by atoms with Gasteiger partial charge in [0.05, 0.1) is 5.92 Å². The molecule has 1 saturated heterocycles. The average molecular weight is 263 g/mol. The van der Waals surface area contributed by atoms with Crippen LogP contribution in [0.25, 0.3) is 0 Å². The van der Waals surface area contributed by atoms with Crippen LogP contribution in [0.3, 0.4) is 0 Å². The molecule has 2 N–H and O–H groups in total. The van der Waals surface area contributed by atoms with E-state index in [1.807, 2.05) is 0 Å². The van der Waals surface area contributed by atoms with Crippen molar-refractivity contribution in [3.8, 4) is 0 Å². The molecule has 2 rings (SSSR count). The standard InChI is InChI=1S/C12H22N2O2.ClH/c15-12(11-4-6-13-8-11)14-5-1-7-16-9-10-2-3-10;/h10-11,13H,1-9H2,(H,14,15);1H. The molecule has 0 spiro atoms. The summed E-state index contributed by atoms with van der Waals surface area (Å²) in [5.41, 5.74) is 0. The molecule has 17 heavy (non-hydrogen) atoms. The van der Waals surface area contributed by atoms with Gasteiger partial charge < -0.3 is 15.4 Å². The molecule has 2 aliphatic rings. The predicted molar refractivity (Wildman–Crippen MR) is 69.4 cm³/mol. The summed E-state index contributed by atoms with van der Waals surface area (Å²) >= 11 is 0. The fourth-order valence-electron chi connectivity index (χ4n) is 1.94. The maximum Gasteiger partial charge on any atom is 0.224 e. The number of hydrogen-bond donors (Lipinski definition) is 2. The summed E-state index contributed by atoms with van der Waals surface area (Å²) in [7, 11) is 0. The van der Waals surface area contributed by atoms with Crippen LogP contribution < -0.4 is 10.6 Å². The van der Waals surface area contributed by atoms with E-state index < -0.39 is 0 Å². The first kappa shape index (κ1) is 14.7. The molecule has 1 saturated carbocycles. The van der Waals surface area contributed by atoms with Crippen LogP contribution in [0.5, 0.6) is 0 Å². The quantitative estimate of drug-likeness (QED) is 0.672. The third kappa shape index (κ3) is 5.70. The summed E-state index contributed by atoms with van der Waals surface area (Å²) in [6.07, 6.45) is 4.58. The molecule has 5 heteroatoms. The van der Waals surface area contributed by atoms with Gasteiger partial charge in [-0.2, -0.15) is 0 Å². The van der Waals surface area contributed by atoms with Crippen molar-refractivity contribution in [2.24, 2.45) is 11.8 Å². The SMILES string of the molecule is Cl.O=C(NCCCOCC1CC1)C1CCNC1. The smallest absolute Gasteiger partial charge is 0.224 e. The van der Waals surface area contributed by atoms with Gasteiger partial charge in [0.15, 0.2) is 0 Å². The number of ether oxygens (including phenoxy) is 1. The van der Waals surface area contributed by atoms with Gasteiger partial charge in [0.25, 0.3) is 0 Å². The lowest BCUT2D eigenvalue weighted by molar-refractivity contribution is -0.124. The fourth-order valence-corrected chi connectivity index (χ4v) is 1.94. The Morgan fingerprint density at radius 1 is 1.35 bits per heavy atom. The number of nitrogens with one attached hydrogen (secondary N) is 2. The summed E-state index contributed by atoms with van der Waals surface area (Å²) in [4.78, 5) is 11.6. The molecule has 1 amide bonds. The van der Waals surface area contributed by atoms with Crippen LogP contribution in [0.1, 0.15) is 25.7 Å². The van der Waals surface area contributed by atoms with E-state index in [0.29, 0.717) is 0 Å². The molecule has 100 valence electrons. The highest BCUT2D eigenvalue weighted by Crippen LogP contribution is 2.28. The van der Waals surface area contributed by atoms with E-state index >= 15 is 0 Å². The van der Waals surface area contributed by atoms with Gasteiger partial charge in [-0.15, -0.1) is 12.4 Å². The first-order valence-corrected chi connectivity index (χ1v) is 6.42. The topological polar surface area (TPSA) is 50.4 Å². The van der Waals surface area contributed by atoms with Gasteiger partial charge in [0.2, 0.25) is 5.91 Å². The zero-order chi connectivity index (χ0) is 11.2. The highest BCUT2D eigenvalue weighted by molar-refractivity contribution is 5.85. The van der Waals surface area contributed by atoms with Crippen molar-refractivity contribution < 1.29 is 9.53 Å². The maximum absolute atomic E-state index is 11.6. The number of carbonyl (C=O) groups excluding carboxylic acids is 1. The summed E-state index contributed by atoms with van der Waals surface area (Å²) < 4.78 is 5.50. The number of hydrogen-bond acceptors (Lipinski definition) is 3. The Bertz CT molecular complexity index is 229. The first-order valence-electron chi connectivity index (χ1n) is 6.42. The van der Waals surface area contributed by atoms with E-state index in [1.54, 1.807) is 0 Å². The minimum absolute atomic E-state index is 0. The molecule has 0 aromatic heterocycles. The van der Waals surface area contributed by atoms with Gasteiger partial charge in [-0.3, -0.25) is 4.79 Å². The molecule has 1 heterocycles. The molecule has 0 radical (unpaired) electrons. The van der Waals surface area contributed by atoms with E-state index in [2.05, 4.69) is 10.6 Å². The predicted octanol–water partition coefficient (Wildman–Crippen LogP) is 0.951. The molecule has 4 nitrogen and oxygen atoms in total. The summed E-state index contributed by atoms with van der Waals surface area (Å²) in [6.45, 7) is 4.26. The minimum atomic E-state index is 0. The van der Waals surface area contributed by atoms with Gasteiger partial charge in [-0.25, -0.2) is 0 Å². The second-order valence-corrected chi connectivity index (χ2v) is 4.85.